The highest BCUT2D eigenvalue weighted by Gasteiger charge is 2.23. The normalized spacial score (nSPS) is 11.0. The summed E-state index contributed by atoms with van der Waals surface area (Å²) in [7, 11) is 1.57. The Labute approximate surface area is 235 Å². The van der Waals surface area contributed by atoms with E-state index in [9.17, 15) is 14.4 Å². The number of carbonyl (C=O) groups excluding carboxylic acids is 3. The van der Waals surface area contributed by atoms with Crippen LogP contribution in [-0.2, 0) is 14.9 Å². The second kappa shape index (κ2) is 12.4. The number of nitrogens with two attached hydrogens (primary N) is 1. The molecule has 4 N–H and O–H groups in total. The van der Waals surface area contributed by atoms with Crippen molar-refractivity contribution in [2.45, 2.75) is 19.3 Å². The van der Waals surface area contributed by atoms with E-state index in [0.29, 0.717) is 22.3 Å². The third kappa shape index (κ3) is 7.20. The molecule has 2 aromatic carbocycles. The van der Waals surface area contributed by atoms with Crippen molar-refractivity contribution >= 4 is 34.4 Å². The fraction of sp³-hybridized carbons (Fsp3) is 0.207. The Morgan fingerprint density at radius 1 is 1.00 bits per heavy atom. The minimum atomic E-state index is -0.861. The van der Waals surface area contributed by atoms with Crippen molar-refractivity contribution in [2.75, 3.05) is 25.6 Å². The topological polar surface area (TPSA) is 146 Å². The van der Waals surface area contributed by atoms with E-state index in [1.165, 1.54) is 11.3 Å². The predicted molar refractivity (Wildman–Crippen MR) is 153 cm³/mol. The van der Waals surface area contributed by atoms with Crippen LogP contribution >= 0.6 is 11.3 Å². The van der Waals surface area contributed by atoms with Gasteiger partial charge in [-0.05, 0) is 41.0 Å². The van der Waals surface area contributed by atoms with E-state index >= 15 is 0 Å². The maximum atomic E-state index is 12.7. The summed E-state index contributed by atoms with van der Waals surface area (Å²) in [5, 5.41) is 7.63. The number of ether oxygens (including phenoxy) is 2. The fourth-order valence-electron chi connectivity index (χ4n) is 3.86. The molecule has 11 heteroatoms. The second-order valence-electron chi connectivity index (χ2n) is 9.51. The molecule has 0 aliphatic heterocycles. The maximum absolute atomic E-state index is 12.7. The fourth-order valence-corrected chi connectivity index (χ4v) is 4.60. The quantitative estimate of drug-likeness (QED) is 0.257. The summed E-state index contributed by atoms with van der Waals surface area (Å²) in [5.74, 6) is -0.286. The van der Waals surface area contributed by atoms with Gasteiger partial charge in [0.05, 0.1) is 19.3 Å². The maximum Gasteiger partial charge on any atom is 0.404 e. The van der Waals surface area contributed by atoms with Crippen LogP contribution < -0.4 is 21.1 Å². The Kier molecular flexibility index (Phi) is 8.75. The van der Waals surface area contributed by atoms with Gasteiger partial charge >= 0.3 is 6.09 Å². The van der Waals surface area contributed by atoms with E-state index in [0.717, 1.165) is 22.3 Å². The first-order valence-electron chi connectivity index (χ1n) is 12.3. The van der Waals surface area contributed by atoms with E-state index in [-0.39, 0.29) is 13.2 Å². The zero-order chi connectivity index (χ0) is 28.7. The van der Waals surface area contributed by atoms with Gasteiger partial charge in [-0.25, -0.2) is 14.8 Å². The summed E-state index contributed by atoms with van der Waals surface area (Å²) >= 11 is 1.29. The molecule has 0 fully saturated rings. The number of rotatable bonds is 10. The number of thiazole rings is 1. The minimum absolute atomic E-state index is 0.0639. The monoisotopic (exact) mass is 559 g/mol. The van der Waals surface area contributed by atoms with Crippen LogP contribution in [0.2, 0.25) is 0 Å². The average molecular weight is 560 g/mol. The highest BCUT2D eigenvalue weighted by molar-refractivity contribution is 7.14. The van der Waals surface area contributed by atoms with Gasteiger partial charge in [0.2, 0.25) is 11.8 Å². The summed E-state index contributed by atoms with van der Waals surface area (Å²) in [6, 6.07) is 18.5. The van der Waals surface area contributed by atoms with Crippen molar-refractivity contribution in [3.63, 3.8) is 0 Å². The summed E-state index contributed by atoms with van der Waals surface area (Å²) in [6.45, 7) is 3.57. The number of methoxy groups -OCH3 is 1. The predicted octanol–water partition coefficient (Wildman–Crippen LogP) is 4.62. The zero-order valence-corrected chi connectivity index (χ0v) is 23.1. The van der Waals surface area contributed by atoms with E-state index in [1.54, 1.807) is 31.5 Å². The molecule has 0 bridgehead atoms. The van der Waals surface area contributed by atoms with Crippen molar-refractivity contribution in [2.24, 2.45) is 5.73 Å². The van der Waals surface area contributed by atoms with Gasteiger partial charge in [-0.15, -0.1) is 11.3 Å². The Morgan fingerprint density at radius 3 is 2.52 bits per heavy atom. The summed E-state index contributed by atoms with van der Waals surface area (Å²) in [5.41, 5.74) is 9.22. The van der Waals surface area contributed by atoms with Crippen LogP contribution in [0.25, 0.3) is 22.4 Å². The highest BCUT2D eigenvalue weighted by Crippen LogP contribution is 2.30. The number of anilines is 1. The summed E-state index contributed by atoms with van der Waals surface area (Å²) in [4.78, 5) is 44.9. The summed E-state index contributed by atoms with van der Waals surface area (Å²) < 4.78 is 10.2. The molecule has 40 heavy (non-hydrogen) atoms. The largest absolute Gasteiger partial charge is 0.481 e. The van der Waals surface area contributed by atoms with Crippen molar-refractivity contribution in [1.29, 1.82) is 0 Å². The van der Waals surface area contributed by atoms with Gasteiger partial charge in [-0.3, -0.25) is 9.59 Å². The Morgan fingerprint density at radius 2 is 1.75 bits per heavy atom. The van der Waals surface area contributed by atoms with Crippen LogP contribution in [0, 0.1) is 0 Å². The number of nitrogens with zero attached hydrogens (tertiary/aromatic N) is 2. The van der Waals surface area contributed by atoms with Crippen LogP contribution in [0.4, 0.5) is 9.93 Å². The molecular formula is C29H29N5O5S. The van der Waals surface area contributed by atoms with E-state index in [4.69, 9.17) is 15.2 Å². The van der Waals surface area contributed by atoms with Gasteiger partial charge in [0.1, 0.15) is 6.61 Å². The molecule has 0 aliphatic carbocycles. The number of aromatic nitrogens is 2. The van der Waals surface area contributed by atoms with Crippen molar-refractivity contribution in [3.05, 3.63) is 83.4 Å². The molecule has 0 radical (unpaired) electrons. The molecule has 10 nitrogen and oxygen atoms in total. The molecule has 206 valence electrons. The summed E-state index contributed by atoms with van der Waals surface area (Å²) in [6.07, 6.45) is 0.828. The zero-order valence-electron chi connectivity index (χ0n) is 22.3. The number of pyridine rings is 1. The van der Waals surface area contributed by atoms with Crippen LogP contribution in [-0.4, -0.2) is 48.1 Å². The number of carbonyl (C=O) groups is 3. The number of hydrogen-bond acceptors (Lipinski definition) is 8. The second-order valence-corrected chi connectivity index (χ2v) is 10.4. The van der Waals surface area contributed by atoms with Gasteiger partial charge in [0.25, 0.3) is 5.91 Å². The lowest BCUT2D eigenvalue weighted by Crippen LogP contribution is -2.33. The molecule has 0 aliphatic rings. The highest BCUT2D eigenvalue weighted by atomic mass is 32.1. The third-order valence-electron chi connectivity index (χ3n) is 6.08. The number of amides is 3. The van der Waals surface area contributed by atoms with Crippen LogP contribution in [0.1, 0.15) is 29.8 Å². The lowest BCUT2D eigenvalue weighted by molar-refractivity contribution is -0.115. The number of primary amides is 1. The van der Waals surface area contributed by atoms with Crippen molar-refractivity contribution in [1.82, 2.24) is 15.3 Å². The Hall–Kier alpha value is -4.77. The van der Waals surface area contributed by atoms with E-state index in [1.807, 2.05) is 61.7 Å². The smallest absolute Gasteiger partial charge is 0.404 e. The van der Waals surface area contributed by atoms with Gasteiger partial charge in [-0.1, -0.05) is 44.2 Å². The molecule has 4 aromatic rings. The molecule has 2 heterocycles. The SMILES string of the molecule is COc1cc(-c2cccc(-c3csc(NC(=O)CNC(=O)c4cccc(C(C)(C)COC(N)=O)c4)n3)c2)ccn1. The molecular weight excluding hydrogens is 530 g/mol. The molecule has 0 spiro atoms. The van der Waals surface area contributed by atoms with Crippen LogP contribution in [0.5, 0.6) is 5.88 Å². The number of benzene rings is 2. The number of hydrogen-bond donors (Lipinski definition) is 3. The van der Waals surface area contributed by atoms with Crippen molar-refractivity contribution < 1.29 is 23.9 Å². The molecule has 0 unspecified atom stereocenters. The molecule has 0 saturated heterocycles. The lowest BCUT2D eigenvalue weighted by atomic mass is 9.84. The average Bonchev–Trinajstić information content (AvgIpc) is 3.43. The molecule has 4 rings (SSSR count). The Balaban J connectivity index is 1.35. The molecule has 0 atom stereocenters. The third-order valence-corrected chi connectivity index (χ3v) is 6.83. The van der Waals surface area contributed by atoms with Crippen LogP contribution in [0.3, 0.4) is 0 Å². The standard InChI is InChI=1S/C29H29N5O5S/c1-29(2,17-39-27(30)37)22-9-5-8-21(13-22)26(36)32-15-24(35)34-28-33-23(16-40-28)20-7-4-6-18(12-20)19-10-11-31-25(14-19)38-3/h4-14,16H,15,17H2,1-3H3,(H2,30,37)(H,32,36)(H,33,34,35). The molecule has 3 amide bonds. The van der Waals surface area contributed by atoms with E-state index < -0.39 is 23.3 Å². The molecule has 0 saturated carbocycles. The lowest BCUT2D eigenvalue weighted by Gasteiger charge is -2.24. The number of nitrogens with one attached hydrogen (secondary N) is 2. The first kappa shape index (κ1) is 28.2. The van der Waals surface area contributed by atoms with Gasteiger partial charge < -0.3 is 25.8 Å². The van der Waals surface area contributed by atoms with Crippen LogP contribution in [0.15, 0.2) is 72.2 Å². The Bertz CT molecular complexity index is 1530. The van der Waals surface area contributed by atoms with Gasteiger partial charge in [0, 0.05) is 34.2 Å². The van der Waals surface area contributed by atoms with Gasteiger partial charge in [0.15, 0.2) is 5.13 Å². The first-order valence-corrected chi connectivity index (χ1v) is 13.2. The first-order chi connectivity index (χ1) is 19.1. The minimum Gasteiger partial charge on any atom is -0.481 e. The van der Waals surface area contributed by atoms with Gasteiger partial charge in [-0.2, -0.15) is 0 Å². The molecule has 2 aromatic heterocycles. The van der Waals surface area contributed by atoms with Crippen molar-refractivity contribution in [3.8, 4) is 28.3 Å². The van der Waals surface area contributed by atoms with E-state index in [2.05, 4.69) is 20.6 Å².